The molecule has 126 valence electrons. The van der Waals surface area contributed by atoms with Crippen molar-refractivity contribution in [2.75, 3.05) is 18.8 Å². The van der Waals surface area contributed by atoms with Crippen molar-refractivity contribution in [3.63, 3.8) is 0 Å². The number of rotatable bonds is 0. The minimum Gasteiger partial charge on any atom is -0.444 e. The average molecular weight is 384 g/mol. The number of nitrogens with zero attached hydrogens (tertiary/aromatic N) is 2. The van der Waals surface area contributed by atoms with Crippen LogP contribution in [-0.4, -0.2) is 34.3 Å². The number of fused-ring (bicyclic) bond motifs is 4. The van der Waals surface area contributed by atoms with Crippen molar-refractivity contribution in [1.82, 2.24) is 9.47 Å². The standard InChI is InChI=1S/C16H22BrN3O3/c1-16(2,3)23-15(22)19-6-9-4-10(8-19)12-5-11(18)13(17)14(21)20(12)7-9/h5,9-10H,4,6-8,18H2,1-3H3/t9?,10-/m1/s1. The molecule has 2 aliphatic heterocycles. The molecule has 1 amide bonds. The number of aromatic nitrogens is 1. The van der Waals surface area contributed by atoms with Crippen LogP contribution in [0.2, 0.25) is 0 Å². The van der Waals surface area contributed by atoms with Crippen LogP contribution in [0.1, 0.15) is 38.8 Å². The van der Waals surface area contributed by atoms with Gasteiger partial charge in [0.2, 0.25) is 0 Å². The molecule has 7 heteroatoms. The third-order valence-electron chi connectivity index (χ3n) is 4.35. The summed E-state index contributed by atoms with van der Waals surface area (Å²) in [5, 5.41) is 0. The maximum absolute atomic E-state index is 12.4. The van der Waals surface area contributed by atoms with Crippen molar-refractivity contribution in [3.8, 4) is 0 Å². The van der Waals surface area contributed by atoms with Crippen LogP contribution in [0.5, 0.6) is 0 Å². The Hall–Kier alpha value is -1.50. The highest BCUT2D eigenvalue weighted by Crippen LogP contribution is 2.37. The van der Waals surface area contributed by atoms with E-state index in [-0.39, 0.29) is 23.5 Å². The first-order valence-electron chi connectivity index (χ1n) is 7.82. The van der Waals surface area contributed by atoms with Crippen LogP contribution >= 0.6 is 15.9 Å². The molecule has 2 aliphatic rings. The summed E-state index contributed by atoms with van der Waals surface area (Å²) in [6.45, 7) is 7.39. The molecule has 3 rings (SSSR count). The van der Waals surface area contributed by atoms with Gasteiger partial charge in [0.05, 0.1) is 5.69 Å². The number of anilines is 1. The number of nitrogens with two attached hydrogens (primary N) is 1. The number of carbonyl (C=O) groups is 1. The number of pyridine rings is 1. The van der Waals surface area contributed by atoms with Crippen molar-refractivity contribution in [3.05, 3.63) is 26.6 Å². The number of hydrogen-bond acceptors (Lipinski definition) is 4. The van der Waals surface area contributed by atoms with E-state index in [1.165, 1.54) is 0 Å². The average Bonchev–Trinajstić information content (AvgIpc) is 2.44. The molecule has 1 unspecified atom stereocenters. The highest BCUT2D eigenvalue weighted by atomic mass is 79.9. The van der Waals surface area contributed by atoms with E-state index in [4.69, 9.17) is 10.5 Å². The molecule has 23 heavy (non-hydrogen) atoms. The van der Waals surface area contributed by atoms with Crippen LogP contribution in [-0.2, 0) is 11.3 Å². The largest absolute Gasteiger partial charge is 0.444 e. The van der Waals surface area contributed by atoms with E-state index < -0.39 is 5.60 Å². The first-order chi connectivity index (χ1) is 10.7. The lowest BCUT2D eigenvalue weighted by Crippen LogP contribution is -2.50. The van der Waals surface area contributed by atoms with Gasteiger partial charge in [0.1, 0.15) is 10.1 Å². The zero-order chi connectivity index (χ0) is 16.9. The Kier molecular flexibility index (Phi) is 3.94. The number of hydrogen-bond donors (Lipinski definition) is 1. The van der Waals surface area contributed by atoms with Gasteiger partial charge >= 0.3 is 6.09 Å². The minimum atomic E-state index is -0.506. The van der Waals surface area contributed by atoms with Gasteiger partial charge in [0, 0.05) is 31.2 Å². The van der Waals surface area contributed by atoms with Crippen molar-refractivity contribution in [2.45, 2.75) is 45.3 Å². The van der Waals surface area contributed by atoms with Gasteiger partial charge in [-0.1, -0.05) is 0 Å². The van der Waals surface area contributed by atoms with Crippen LogP contribution in [0.3, 0.4) is 0 Å². The van der Waals surface area contributed by atoms with Gasteiger partial charge in [0.25, 0.3) is 5.56 Å². The molecule has 0 aromatic carbocycles. The summed E-state index contributed by atoms with van der Waals surface area (Å²) in [6, 6.07) is 1.85. The summed E-state index contributed by atoms with van der Waals surface area (Å²) in [4.78, 5) is 26.5. The highest BCUT2D eigenvalue weighted by Gasteiger charge is 2.38. The van der Waals surface area contributed by atoms with Crippen LogP contribution in [0.4, 0.5) is 10.5 Å². The number of nitrogen functional groups attached to an aromatic ring is 1. The van der Waals surface area contributed by atoms with E-state index >= 15 is 0 Å². The second-order valence-corrected chi connectivity index (χ2v) is 8.23. The second-order valence-electron chi connectivity index (χ2n) is 7.44. The smallest absolute Gasteiger partial charge is 0.410 e. The van der Waals surface area contributed by atoms with Gasteiger partial charge in [0.15, 0.2) is 0 Å². The number of carbonyl (C=O) groups excluding carboxylic acids is 1. The summed E-state index contributed by atoms with van der Waals surface area (Å²) in [7, 11) is 0. The molecular weight excluding hydrogens is 362 g/mol. The normalized spacial score (nSPS) is 23.4. The molecular formula is C16H22BrN3O3. The van der Waals surface area contributed by atoms with Gasteiger partial charge in [-0.15, -0.1) is 0 Å². The first-order valence-corrected chi connectivity index (χ1v) is 8.61. The predicted octanol–water partition coefficient (Wildman–Crippen LogP) is 2.55. The molecule has 0 spiro atoms. The Morgan fingerprint density at radius 1 is 1.35 bits per heavy atom. The molecule has 2 atom stereocenters. The Morgan fingerprint density at radius 3 is 2.70 bits per heavy atom. The lowest BCUT2D eigenvalue weighted by Gasteiger charge is -2.43. The van der Waals surface area contributed by atoms with Crippen LogP contribution < -0.4 is 11.3 Å². The lowest BCUT2D eigenvalue weighted by atomic mass is 9.83. The molecule has 6 nitrogen and oxygen atoms in total. The SMILES string of the molecule is CC(C)(C)OC(=O)N1CC2C[C@H](C1)c1cc(N)c(Br)c(=O)n1C2. The van der Waals surface area contributed by atoms with E-state index in [0.717, 1.165) is 12.1 Å². The summed E-state index contributed by atoms with van der Waals surface area (Å²) >= 11 is 3.26. The Bertz CT molecular complexity index is 708. The maximum Gasteiger partial charge on any atom is 0.410 e. The molecule has 1 fully saturated rings. The van der Waals surface area contributed by atoms with Crippen LogP contribution in [0.15, 0.2) is 15.3 Å². The summed E-state index contributed by atoms with van der Waals surface area (Å²) < 4.78 is 7.70. The number of likely N-dealkylation sites (tertiary alicyclic amines) is 1. The summed E-state index contributed by atoms with van der Waals surface area (Å²) in [5.41, 5.74) is 6.71. The summed E-state index contributed by atoms with van der Waals surface area (Å²) in [5.74, 6) is 0.389. The van der Waals surface area contributed by atoms with Crippen LogP contribution in [0.25, 0.3) is 0 Å². The third-order valence-corrected chi connectivity index (χ3v) is 5.15. The fraction of sp³-hybridized carbons (Fsp3) is 0.625. The molecule has 3 heterocycles. The maximum atomic E-state index is 12.4. The fourth-order valence-corrected chi connectivity index (χ4v) is 3.80. The Labute approximate surface area is 143 Å². The zero-order valence-electron chi connectivity index (χ0n) is 13.6. The summed E-state index contributed by atoms with van der Waals surface area (Å²) in [6.07, 6.45) is 0.688. The minimum absolute atomic E-state index is 0.0829. The van der Waals surface area contributed by atoms with Crippen molar-refractivity contribution in [2.24, 2.45) is 5.92 Å². The Balaban J connectivity index is 1.89. The molecule has 2 N–H and O–H groups in total. The lowest BCUT2D eigenvalue weighted by molar-refractivity contribution is 0.0102. The first kappa shape index (κ1) is 16.4. The quantitative estimate of drug-likeness (QED) is 0.746. The molecule has 0 saturated carbocycles. The van der Waals surface area contributed by atoms with Gasteiger partial charge in [-0.2, -0.15) is 0 Å². The van der Waals surface area contributed by atoms with Gasteiger partial charge in [-0.05, 0) is 55.1 Å². The number of amides is 1. The number of piperidine rings is 1. The number of halogens is 1. The Morgan fingerprint density at radius 2 is 2.04 bits per heavy atom. The van der Waals surface area contributed by atoms with Gasteiger partial charge < -0.3 is 19.9 Å². The van der Waals surface area contributed by atoms with E-state index in [2.05, 4.69) is 15.9 Å². The van der Waals surface area contributed by atoms with Crippen molar-refractivity contribution >= 4 is 27.7 Å². The zero-order valence-corrected chi connectivity index (χ0v) is 15.2. The monoisotopic (exact) mass is 383 g/mol. The topological polar surface area (TPSA) is 77.6 Å². The van der Waals surface area contributed by atoms with Crippen LogP contribution in [0, 0.1) is 5.92 Å². The van der Waals surface area contributed by atoms with Crippen molar-refractivity contribution < 1.29 is 9.53 Å². The van der Waals surface area contributed by atoms with E-state index in [1.54, 1.807) is 9.47 Å². The molecule has 0 radical (unpaired) electrons. The van der Waals surface area contributed by atoms with Gasteiger partial charge in [-0.3, -0.25) is 4.79 Å². The second kappa shape index (κ2) is 5.54. The van der Waals surface area contributed by atoms with Crippen molar-refractivity contribution in [1.29, 1.82) is 0 Å². The molecule has 1 aromatic rings. The van der Waals surface area contributed by atoms with E-state index in [1.807, 2.05) is 26.8 Å². The predicted molar refractivity (Wildman–Crippen MR) is 91.5 cm³/mol. The van der Waals surface area contributed by atoms with E-state index in [0.29, 0.717) is 29.8 Å². The third kappa shape index (κ3) is 3.11. The molecule has 1 saturated heterocycles. The fourth-order valence-electron chi connectivity index (χ4n) is 3.47. The number of ether oxygens (including phenoxy) is 1. The van der Waals surface area contributed by atoms with E-state index in [9.17, 15) is 9.59 Å². The molecule has 2 bridgehead atoms. The van der Waals surface area contributed by atoms with Gasteiger partial charge in [-0.25, -0.2) is 4.79 Å². The molecule has 1 aromatic heterocycles. The molecule has 0 aliphatic carbocycles. The highest BCUT2D eigenvalue weighted by molar-refractivity contribution is 9.10.